The Morgan fingerprint density at radius 2 is 0.893 bits per heavy atom. The Bertz CT molecular complexity index is 1710. The Hall–Kier alpha value is -3.05. The van der Waals surface area contributed by atoms with E-state index in [-0.39, 0.29) is 5.78 Å². The van der Waals surface area contributed by atoms with E-state index >= 15 is 4.79 Å². The van der Waals surface area contributed by atoms with E-state index in [4.69, 9.17) is 9.47 Å². The predicted octanol–water partition coefficient (Wildman–Crippen LogP) is 9.23. The molecule has 0 saturated carbocycles. The summed E-state index contributed by atoms with van der Waals surface area (Å²) < 4.78 is 13.4. The molecule has 7 nitrogen and oxygen atoms in total. The highest BCUT2D eigenvalue weighted by Crippen LogP contribution is 2.48. The quantitative estimate of drug-likeness (QED) is 0.111. The summed E-state index contributed by atoms with van der Waals surface area (Å²) in [5.41, 5.74) is 5.82. The number of halogens is 2. The first-order valence-electron chi connectivity index (χ1n) is 20.2. The van der Waals surface area contributed by atoms with Crippen molar-refractivity contribution in [3.8, 4) is 0 Å². The second-order valence-electron chi connectivity index (χ2n) is 16.0. The second kappa shape index (κ2) is 19.1. The number of ether oxygens (including phenoxy) is 2. The van der Waals surface area contributed by atoms with Gasteiger partial charge in [-0.25, -0.2) is 0 Å². The van der Waals surface area contributed by atoms with E-state index in [1.54, 1.807) is 0 Å². The van der Waals surface area contributed by atoms with E-state index in [0.717, 1.165) is 98.4 Å². The number of carbonyl (C=O) groups excluding carboxylic acids is 1. The van der Waals surface area contributed by atoms with Crippen LogP contribution in [0.4, 0.5) is 11.4 Å². The minimum atomic E-state index is -0.527. The maximum atomic E-state index is 16.6. The van der Waals surface area contributed by atoms with E-state index in [2.05, 4.69) is 191 Å². The lowest BCUT2D eigenvalue weighted by Crippen LogP contribution is -2.58. The van der Waals surface area contributed by atoms with Gasteiger partial charge in [-0.15, -0.1) is 0 Å². The first-order valence-corrected chi connectivity index (χ1v) is 21.8. The van der Waals surface area contributed by atoms with E-state index in [9.17, 15) is 0 Å². The summed E-state index contributed by atoms with van der Waals surface area (Å²) in [7, 11) is 8.66. The fourth-order valence-corrected chi connectivity index (χ4v) is 9.81. The van der Waals surface area contributed by atoms with Gasteiger partial charge in [0.05, 0.1) is 38.3 Å². The molecule has 56 heavy (non-hydrogen) atoms. The number of nitrogens with zero attached hydrogens (tertiary/aromatic N) is 4. The minimum Gasteiger partial charge on any atom is -0.378 e. The van der Waals surface area contributed by atoms with Crippen molar-refractivity contribution in [3.63, 3.8) is 0 Å². The highest BCUT2D eigenvalue weighted by Gasteiger charge is 2.52. The Morgan fingerprint density at radius 3 is 1.18 bits per heavy atom. The lowest BCUT2D eigenvalue weighted by Gasteiger charge is -2.51. The second-order valence-corrected chi connectivity index (χ2v) is 17.8. The third-order valence-corrected chi connectivity index (χ3v) is 13.8. The van der Waals surface area contributed by atoms with Crippen LogP contribution in [0.15, 0.2) is 106 Å². The van der Waals surface area contributed by atoms with Gasteiger partial charge in [0, 0.05) is 57.6 Å². The molecule has 300 valence electrons. The van der Waals surface area contributed by atoms with Crippen LogP contribution in [0.5, 0.6) is 0 Å². The topological polar surface area (TPSA) is 48.5 Å². The molecule has 2 saturated heterocycles. The third kappa shape index (κ3) is 9.29. The standard InChI is InChI=1S/C47H60Br2N4O3/c1-7-46(50(3)4,33-35-9-17-39(48)18-10-35)43(37-13-21-41(22-14-37)52-25-29-55-30-26-52)45(54)44(38-15-23-42(24-16-38)53-27-31-56-32-28-53)47(8-2,51(5)6)34-36-11-19-40(49)20-12-36/h9-24,43-44H,7-8,25-34H2,1-6H3. The van der Waals surface area contributed by atoms with E-state index in [1.165, 1.54) is 22.5 Å². The number of carbonyl (C=O) groups is 1. The summed E-state index contributed by atoms with van der Waals surface area (Å²) in [6.07, 6.45) is 3.02. The first-order chi connectivity index (χ1) is 27.0. The molecule has 0 spiro atoms. The third-order valence-electron chi connectivity index (χ3n) is 12.7. The molecule has 2 fully saturated rings. The molecule has 0 aliphatic carbocycles. The largest absolute Gasteiger partial charge is 0.378 e. The van der Waals surface area contributed by atoms with Crippen molar-refractivity contribution in [2.45, 2.75) is 62.4 Å². The van der Waals surface area contributed by atoms with Crippen molar-refractivity contribution in [3.05, 3.63) is 128 Å². The van der Waals surface area contributed by atoms with Crippen LogP contribution in [0.2, 0.25) is 0 Å². The van der Waals surface area contributed by atoms with E-state index in [1.807, 2.05) is 0 Å². The van der Waals surface area contributed by atoms with Gasteiger partial charge in [-0.2, -0.15) is 0 Å². The molecule has 2 heterocycles. The lowest BCUT2D eigenvalue weighted by molar-refractivity contribution is -0.129. The monoisotopic (exact) mass is 886 g/mol. The molecule has 4 unspecified atom stereocenters. The zero-order chi connectivity index (χ0) is 39.9. The molecule has 0 amide bonds. The number of hydrogen-bond donors (Lipinski definition) is 0. The molecule has 0 radical (unpaired) electrons. The van der Waals surface area contributed by atoms with Gasteiger partial charge in [0.15, 0.2) is 5.78 Å². The lowest BCUT2D eigenvalue weighted by atomic mass is 9.62. The number of likely N-dealkylation sites (N-methyl/N-ethyl adjacent to an activating group) is 2. The summed E-state index contributed by atoms with van der Waals surface area (Å²) in [4.78, 5) is 26.0. The number of rotatable bonds is 16. The first kappa shape index (κ1) is 42.6. The van der Waals surface area contributed by atoms with Gasteiger partial charge in [-0.1, -0.05) is 94.2 Å². The molecule has 4 atom stereocenters. The van der Waals surface area contributed by atoms with Crippen LogP contribution in [0.1, 0.15) is 60.8 Å². The molecule has 6 rings (SSSR count). The molecule has 9 heteroatoms. The van der Waals surface area contributed by atoms with Gasteiger partial charge in [-0.3, -0.25) is 4.79 Å². The van der Waals surface area contributed by atoms with Crippen molar-refractivity contribution in [2.24, 2.45) is 0 Å². The molecule has 2 aliphatic rings. The van der Waals surface area contributed by atoms with E-state index in [0.29, 0.717) is 0 Å². The minimum absolute atomic E-state index is 0.253. The molecule has 0 N–H and O–H groups in total. The average Bonchev–Trinajstić information content (AvgIpc) is 3.22. The molecule has 2 aliphatic heterocycles. The number of morpholine rings is 2. The van der Waals surface area contributed by atoms with Crippen molar-refractivity contribution in [2.75, 3.05) is 90.6 Å². The van der Waals surface area contributed by atoms with Gasteiger partial charge in [-0.05, 0) is 125 Å². The Labute approximate surface area is 352 Å². The van der Waals surface area contributed by atoms with Crippen LogP contribution in [-0.2, 0) is 27.1 Å². The van der Waals surface area contributed by atoms with Crippen molar-refractivity contribution < 1.29 is 14.3 Å². The molecule has 4 aromatic carbocycles. The summed E-state index contributed by atoms with van der Waals surface area (Å²) in [5.74, 6) is -0.627. The van der Waals surface area contributed by atoms with Crippen LogP contribution in [0, 0.1) is 0 Å². The molecule has 0 bridgehead atoms. The molecule has 0 aromatic heterocycles. The van der Waals surface area contributed by atoms with Gasteiger partial charge in [0.2, 0.25) is 0 Å². The van der Waals surface area contributed by atoms with Crippen molar-refractivity contribution in [1.29, 1.82) is 0 Å². The van der Waals surface area contributed by atoms with Crippen LogP contribution in [0.25, 0.3) is 0 Å². The number of ketones is 1. The summed E-state index contributed by atoms with van der Waals surface area (Å²) >= 11 is 7.31. The van der Waals surface area contributed by atoms with Crippen LogP contribution >= 0.6 is 31.9 Å². The van der Waals surface area contributed by atoms with Crippen LogP contribution < -0.4 is 9.80 Å². The maximum Gasteiger partial charge on any atom is 0.151 e. The van der Waals surface area contributed by atoms with Gasteiger partial charge >= 0.3 is 0 Å². The average molecular weight is 889 g/mol. The summed E-state index contributed by atoms with van der Waals surface area (Å²) in [5, 5.41) is 0. The van der Waals surface area contributed by atoms with Gasteiger partial charge < -0.3 is 29.1 Å². The highest BCUT2D eigenvalue weighted by molar-refractivity contribution is 9.10. The molecule has 4 aromatic rings. The number of benzene rings is 4. The summed E-state index contributed by atoms with van der Waals surface area (Å²) in [6.45, 7) is 10.9. The van der Waals surface area contributed by atoms with Crippen molar-refractivity contribution >= 4 is 49.0 Å². The number of Topliss-reactive ketones (excluding diaryl/α,β-unsaturated/α-hetero) is 1. The van der Waals surface area contributed by atoms with Gasteiger partial charge in [0.1, 0.15) is 0 Å². The SMILES string of the molecule is CCC(Cc1ccc(Br)cc1)(C(C(=O)C(c1ccc(N2CCOCC2)cc1)C(CC)(Cc1ccc(Br)cc1)N(C)C)c1ccc(N2CCOCC2)cc1)N(C)C. The summed E-state index contributed by atoms with van der Waals surface area (Å²) in [6, 6.07) is 35.1. The van der Waals surface area contributed by atoms with Crippen LogP contribution in [-0.4, -0.2) is 107 Å². The number of hydrogen-bond acceptors (Lipinski definition) is 7. The smallest absolute Gasteiger partial charge is 0.151 e. The number of anilines is 2. The predicted molar refractivity (Wildman–Crippen MR) is 239 cm³/mol. The molecular formula is C47H60Br2N4O3. The van der Waals surface area contributed by atoms with Crippen LogP contribution in [0.3, 0.4) is 0 Å². The zero-order valence-corrected chi connectivity index (χ0v) is 37.3. The maximum absolute atomic E-state index is 16.6. The molecular weight excluding hydrogens is 828 g/mol. The normalized spacial score (nSPS) is 18.4. The van der Waals surface area contributed by atoms with Crippen molar-refractivity contribution in [1.82, 2.24) is 9.80 Å². The van der Waals surface area contributed by atoms with E-state index < -0.39 is 22.9 Å². The zero-order valence-electron chi connectivity index (χ0n) is 34.1. The Morgan fingerprint density at radius 1 is 0.571 bits per heavy atom. The Kier molecular flexibility index (Phi) is 14.5. The van der Waals surface area contributed by atoms with Gasteiger partial charge in [0.25, 0.3) is 0 Å². The Balaban J connectivity index is 1.55. The fourth-order valence-electron chi connectivity index (χ4n) is 9.28. The highest BCUT2D eigenvalue weighted by atomic mass is 79.9. The fraction of sp³-hybridized carbons (Fsp3) is 0.468.